The molecule has 0 bridgehead atoms. The second-order valence-electron chi connectivity index (χ2n) is 3.89. The van der Waals surface area contributed by atoms with Gasteiger partial charge in [-0.2, -0.15) is 0 Å². The van der Waals surface area contributed by atoms with E-state index in [0.717, 1.165) is 22.2 Å². The Balaban J connectivity index is 2.06. The van der Waals surface area contributed by atoms with Crippen LogP contribution in [0.15, 0.2) is 17.8 Å². The molecule has 1 aliphatic carbocycles. The summed E-state index contributed by atoms with van der Waals surface area (Å²) in [6, 6.07) is 2.04. The topological polar surface area (TPSA) is 50.7 Å². The molecule has 0 amide bonds. The number of nitrogens with zero attached hydrogens (tertiary/aromatic N) is 3. The summed E-state index contributed by atoms with van der Waals surface area (Å²) in [4.78, 5) is 14.1. The van der Waals surface area contributed by atoms with Crippen LogP contribution >= 0.6 is 11.3 Å². The van der Waals surface area contributed by atoms with Gasteiger partial charge in [-0.15, -0.1) is 11.3 Å². The second kappa shape index (κ2) is 3.83. The van der Waals surface area contributed by atoms with Crippen molar-refractivity contribution in [2.45, 2.75) is 18.8 Å². The summed E-state index contributed by atoms with van der Waals surface area (Å²) in [5, 5.41) is 3.09. The molecule has 0 spiro atoms. The van der Waals surface area contributed by atoms with Gasteiger partial charge < -0.3 is 5.32 Å². The maximum atomic E-state index is 4.61. The van der Waals surface area contributed by atoms with E-state index < -0.39 is 0 Å². The number of hydrogen-bond donors (Lipinski definition) is 1. The molecule has 5 heteroatoms. The van der Waals surface area contributed by atoms with Gasteiger partial charge in [0.1, 0.15) is 5.82 Å². The van der Waals surface area contributed by atoms with E-state index in [1.807, 2.05) is 24.8 Å². The van der Waals surface area contributed by atoms with E-state index in [4.69, 9.17) is 0 Å². The van der Waals surface area contributed by atoms with Gasteiger partial charge in [-0.1, -0.05) is 0 Å². The first kappa shape index (κ1) is 9.72. The molecule has 0 aliphatic heterocycles. The SMILES string of the molecule is CNc1cc(C2CC2)nc(-c2cncs2)n1. The number of hydrogen-bond acceptors (Lipinski definition) is 5. The van der Waals surface area contributed by atoms with Crippen LogP contribution in [0.3, 0.4) is 0 Å². The van der Waals surface area contributed by atoms with Crippen molar-refractivity contribution in [1.82, 2.24) is 15.0 Å². The Bertz CT molecular complexity index is 491. The first-order valence-electron chi connectivity index (χ1n) is 5.32. The lowest BCUT2D eigenvalue weighted by molar-refractivity contribution is 0.996. The summed E-state index contributed by atoms with van der Waals surface area (Å²) in [5.41, 5.74) is 2.96. The van der Waals surface area contributed by atoms with E-state index in [9.17, 15) is 0 Å². The standard InChI is InChI=1S/C11H12N4S/c1-12-10-4-8(7-2-3-7)14-11(15-10)9-5-13-6-16-9/h4-7H,2-3H2,1H3,(H,12,14,15). The van der Waals surface area contributed by atoms with Crippen molar-refractivity contribution >= 4 is 17.2 Å². The Morgan fingerprint density at radius 3 is 2.88 bits per heavy atom. The molecule has 1 aliphatic rings. The average molecular weight is 232 g/mol. The van der Waals surface area contributed by atoms with Crippen molar-refractivity contribution in [3.05, 3.63) is 23.5 Å². The van der Waals surface area contributed by atoms with Crippen molar-refractivity contribution in [3.63, 3.8) is 0 Å². The van der Waals surface area contributed by atoms with Crippen LogP contribution in [0.2, 0.25) is 0 Å². The number of anilines is 1. The zero-order valence-corrected chi connectivity index (χ0v) is 9.79. The van der Waals surface area contributed by atoms with E-state index >= 15 is 0 Å². The number of nitrogens with one attached hydrogen (secondary N) is 1. The van der Waals surface area contributed by atoms with Crippen LogP contribution in [-0.4, -0.2) is 22.0 Å². The van der Waals surface area contributed by atoms with Crippen molar-refractivity contribution < 1.29 is 0 Å². The van der Waals surface area contributed by atoms with Crippen LogP contribution in [0, 0.1) is 0 Å². The Morgan fingerprint density at radius 2 is 2.25 bits per heavy atom. The van der Waals surface area contributed by atoms with Crippen LogP contribution in [0.25, 0.3) is 10.7 Å². The molecule has 2 aromatic heterocycles. The van der Waals surface area contributed by atoms with Crippen LogP contribution in [0.1, 0.15) is 24.5 Å². The Labute approximate surface area is 97.8 Å². The van der Waals surface area contributed by atoms with Gasteiger partial charge in [0.15, 0.2) is 5.82 Å². The van der Waals surface area contributed by atoms with Crippen molar-refractivity contribution in [2.75, 3.05) is 12.4 Å². The van der Waals surface area contributed by atoms with E-state index in [2.05, 4.69) is 20.3 Å². The first-order chi connectivity index (χ1) is 7.86. The lowest BCUT2D eigenvalue weighted by Crippen LogP contribution is -1.99. The molecule has 2 heterocycles. The number of rotatable bonds is 3. The van der Waals surface area contributed by atoms with Crippen molar-refractivity contribution in [1.29, 1.82) is 0 Å². The van der Waals surface area contributed by atoms with Crippen molar-refractivity contribution in [3.8, 4) is 10.7 Å². The molecule has 0 radical (unpaired) electrons. The minimum absolute atomic E-state index is 0.641. The molecule has 1 fully saturated rings. The highest BCUT2D eigenvalue weighted by Gasteiger charge is 2.26. The van der Waals surface area contributed by atoms with Gasteiger partial charge in [0.05, 0.1) is 10.4 Å². The van der Waals surface area contributed by atoms with Gasteiger partial charge in [0.2, 0.25) is 0 Å². The fourth-order valence-corrected chi connectivity index (χ4v) is 2.17. The fourth-order valence-electron chi connectivity index (χ4n) is 1.62. The number of aromatic nitrogens is 3. The number of thiazole rings is 1. The molecule has 4 nitrogen and oxygen atoms in total. The summed E-state index contributed by atoms with van der Waals surface area (Å²) in [5.74, 6) is 2.32. The fraction of sp³-hybridized carbons (Fsp3) is 0.364. The van der Waals surface area contributed by atoms with Crippen LogP contribution < -0.4 is 5.32 Å². The first-order valence-corrected chi connectivity index (χ1v) is 6.20. The van der Waals surface area contributed by atoms with Crippen LogP contribution in [0.4, 0.5) is 5.82 Å². The van der Waals surface area contributed by atoms with Gasteiger partial charge in [0.25, 0.3) is 0 Å². The molecule has 82 valence electrons. The van der Waals surface area contributed by atoms with E-state index in [1.165, 1.54) is 12.8 Å². The van der Waals surface area contributed by atoms with E-state index in [-0.39, 0.29) is 0 Å². The Morgan fingerprint density at radius 1 is 1.38 bits per heavy atom. The molecule has 3 rings (SSSR count). The maximum Gasteiger partial charge on any atom is 0.173 e. The quantitative estimate of drug-likeness (QED) is 0.883. The third-order valence-electron chi connectivity index (χ3n) is 2.65. The van der Waals surface area contributed by atoms with E-state index in [0.29, 0.717) is 5.92 Å². The third-order valence-corrected chi connectivity index (χ3v) is 3.42. The molecule has 0 unspecified atom stereocenters. The summed E-state index contributed by atoms with van der Waals surface area (Å²) >= 11 is 1.57. The summed E-state index contributed by atoms with van der Waals surface area (Å²) < 4.78 is 0. The van der Waals surface area contributed by atoms with Crippen LogP contribution in [0.5, 0.6) is 0 Å². The van der Waals surface area contributed by atoms with Gasteiger partial charge in [-0.25, -0.2) is 9.97 Å². The summed E-state index contributed by atoms with van der Waals surface area (Å²) in [7, 11) is 1.88. The van der Waals surface area contributed by atoms with Gasteiger partial charge >= 0.3 is 0 Å². The van der Waals surface area contributed by atoms with Crippen molar-refractivity contribution in [2.24, 2.45) is 0 Å². The molecule has 0 atom stereocenters. The largest absolute Gasteiger partial charge is 0.373 e. The predicted molar refractivity (Wildman–Crippen MR) is 64.7 cm³/mol. The minimum atomic E-state index is 0.641. The predicted octanol–water partition coefficient (Wildman–Crippen LogP) is 2.52. The molecule has 1 saturated carbocycles. The van der Waals surface area contributed by atoms with Gasteiger partial charge in [-0.3, -0.25) is 4.98 Å². The highest BCUT2D eigenvalue weighted by Crippen LogP contribution is 2.40. The molecule has 0 saturated heterocycles. The lowest BCUT2D eigenvalue weighted by Gasteiger charge is -2.05. The molecule has 1 N–H and O–H groups in total. The lowest BCUT2D eigenvalue weighted by atomic mass is 10.2. The normalized spacial score (nSPS) is 15.1. The Hall–Kier alpha value is -1.49. The molecular formula is C11H12N4S. The zero-order valence-electron chi connectivity index (χ0n) is 8.97. The minimum Gasteiger partial charge on any atom is -0.373 e. The molecule has 2 aromatic rings. The monoisotopic (exact) mass is 232 g/mol. The Kier molecular flexibility index (Phi) is 2.32. The summed E-state index contributed by atoms with van der Waals surface area (Å²) in [6.45, 7) is 0. The maximum absolute atomic E-state index is 4.61. The van der Waals surface area contributed by atoms with Gasteiger partial charge in [0, 0.05) is 30.9 Å². The molecular weight excluding hydrogens is 220 g/mol. The average Bonchev–Trinajstić information content (AvgIpc) is 3.04. The highest BCUT2D eigenvalue weighted by atomic mass is 32.1. The van der Waals surface area contributed by atoms with E-state index in [1.54, 1.807) is 11.3 Å². The second-order valence-corrected chi connectivity index (χ2v) is 4.78. The highest BCUT2D eigenvalue weighted by molar-refractivity contribution is 7.13. The molecule has 0 aromatic carbocycles. The van der Waals surface area contributed by atoms with Crippen LogP contribution in [-0.2, 0) is 0 Å². The smallest absolute Gasteiger partial charge is 0.173 e. The summed E-state index contributed by atoms with van der Waals surface area (Å²) in [6.07, 6.45) is 4.32. The third kappa shape index (κ3) is 1.78. The molecule has 16 heavy (non-hydrogen) atoms. The van der Waals surface area contributed by atoms with Gasteiger partial charge in [-0.05, 0) is 12.8 Å². The zero-order chi connectivity index (χ0) is 11.0.